The maximum absolute atomic E-state index is 12.0. The number of methoxy groups -OCH3 is 2. The van der Waals surface area contributed by atoms with E-state index in [4.69, 9.17) is 19.0 Å². The molecular formula is C19H21N3O7. The summed E-state index contributed by atoms with van der Waals surface area (Å²) >= 11 is 0. The van der Waals surface area contributed by atoms with Crippen LogP contribution < -0.4 is 19.5 Å². The van der Waals surface area contributed by atoms with Crippen LogP contribution in [0.5, 0.6) is 17.2 Å². The SMILES string of the molecule is CCOc1ccc(/C=N/OCC(=O)Nc2ccc([N+](=O)[O-])cc2OC)cc1OC. The topological polar surface area (TPSA) is 122 Å². The summed E-state index contributed by atoms with van der Waals surface area (Å²) < 4.78 is 15.7. The molecule has 0 aliphatic rings. The second-order valence-electron chi connectivity index (χ2n) is 5.54. The molecule has 0 spiro atoms. The first-order chi connectivity index (χ1) is 14.0. The number of benzene rings is 2. The highest BCUT2D eigenvalue weighted by Crippen LogP contribution is 2.29. The van der Waals surface area contributed by atoms with Gasteiger partial charge in [-0.1, -0.05) is 5.16 Å². The van der Waals surface area contributed by atoms with Crippen molar-refractivity contribution in [2.45, 2.75) is 6.92 Å². The third-order valence-corrected chi connectivity index (χ3v) is 3.63. The van der Waals surface area contributed by atoms with Crippen molar-refractivity contribution >= 4 is 23.5 Å². The molecule has 0 radical (unpaired) electrons. The number of ether oxygens (including phenoxy) is 3. The van der Waals surface area contributed by atoms with Crippen LogP contribution in [0, 0.1) is 10.1 Å². The highest BCUT2D eigenvalue weighted by atomic mass is 16.6. The summed E-state index contributed by atoms with van der Waals surface area (Å²) in [6.45, 7) is 2.03. The molecule has 0 unspecified atom stereocenters. The van der Waals surface area contributed by atoms with Gasteiger partial charge in [-0.25, -0.2) is 0 Å². The monoisotopic (exact) mass is 403 g/mol. The van der Waals surface area contributed by atoms with E-state index in [1.165, 1.54) is 38.6 Å². The molecule has 0 saturated heterocycles. The molecule has 0 fully saturated rings. The van der Waals surface area contributed by atoms with Gasteiger partial charge in [-0.15, -0.1) is 0 Å². The van der Waals surface area contributed by atoms with Crippen molar-refractivity contribution in [1.29, 1.82) is 0 Å². The zero-order valence-corrected chi connectivity index (χ0v) is 16.2. The van der Waals surface area contributed by atoms with Gasteiger partial charge in [0.05, 0.1) is 43.7 Å². The summed E-state index contributed by atoms with van der Waals surface area (Å²) in [5, 5.41) is 17.1. The number of nitrogens with zero attached hydrogens (tertiary/aromatic N) is 2. The van der Waals surface area contributed by atoms with Crippen LogP contribution in [-0.2, 0) is 9.63 Å². The van der Waals surface area contributed by atoms with Crippen molar-refractivity contribution < 1.29 is 28.8 Å². The Bertz CT molecular complexity index is 899. The lowest BCUT2D eigenvalue weighted by molar-refractivity contribution is -0.384. The smallest absolute Gasteiger partial charge is 0.273 e. The lowest BCUT2D eigenvalue weighted by Gasteiger charge is -2.10. The summed E-state index contributed by atoms with van der Waals surface area (Å²) in [6.07, 6.45) is 1.43. The van der Waals surface area contributed by atoms with Crippen molar-refractivity contribution in [1.82, 2.24) is 0 Å². The van der Waals surface area contributed by atoms with Crippen molar-refractivity contribution in [3.8, 4) is 17.2 Å². The van der Waals surface area contributed by atoms with Gasteiger partial charge in [0.15, 0.2) is 18.1 Å². The van der Waals surface area contributed by atoms with Crippen LogP contribution >= 0.6 is 0 Å². The van der Waals surface area contributed by atoms with Crippen LogP contribution in [0.1, 0.15) is 12.5 Å². The second kappa shape index (κ2) is 10.5. The van der Waals surface area contributed by atoms with E-state index >= 15 is 0 Å². The van der Waals surface area contributed by atoms with Crippen LogP contribution in [0.15, 0.2) is 41.6 Å². The molecule has 0 atom stereocenters. The Kier molecular flexibility index (Phi) is 7.78. The molecule has 0 saturated carbocycles. The zero-order valence-electron chi connectivity index (χ0n) is 16.2. The lowest BCUT2D eigenvalue weighted by Crippen LogP contribution is -2.17. The Labute approximate surface area is 167 Å². The molecule has 2 rings (SSSR count). The minimum Gasteiger partial charge on any atom is -0.494 e. The summed E-state index contributed by atoms with van der Waals surface area (Å²) in [4.78, 5) is 27.2. The zero-order chi connectivity index (χ0) is 21.2. The average Bonchev–Trinajstić information content (AvgIpc) is 2.72. The van der Waals surface area contributed by atoms with Crippen LogP contribution in [0.3, 0.4) is 0 Å². The summed E-state index contributed by atoms with van der Waals surface area (Å²) in [5.74, 6) is 0.833. The number of non-ortho nitro benzene ring substituents is 1. The van der Waals surface area contributed by atoms with Crippen molar-refractivity contribution in [3.05, 3.63) is 52.1 Å². The average molecular weight is 403 g/mol. The van der Waals surface area contributed by atoms with Gasteiger partial charge in [0, 0.05) is 11.6 Å². The number of nitro benzene ring substituents is 1. The fourth-order valence-electron chi connectivity index (χ4n) is 2.32. The number of amides is 1. The van der Waals surface area contributed by atoms with E-state index in [1.54, 1.807) is 18.2 Å². The van der Waals surface area contributed by atoms with Gasteiger partial charge in [-0.3, -0.25) is 14.9 Å². The molecule has 29 heavy (non-hydrogen) atoms. The standard InChI is InChI=1S/C19H21N3O7/c1-4-28-16-8-5-13(9-18(16)27-3)11-20-29-12-19(23)21-15-7-6-14(22(24)25)10-17(15)26-2/h5-11H,4,12H2,1-3H3,(H,21,23)/b20-11+. The van der Waals surface area contributed by atoms with Gasteiger partial charge in [0.25, 0.3) is 11.6 Å². The molecule has 10 heteroatoms. The third kappa shape index (κ3) is 6.09. The number of carbonyl (C=O) groups is 1. The summed E-state index contributed by atoms with van der Waals surface area (Å²) in [7, 11) is 2.88. The number of anilines is 1. The fraction of sp³-hybridized carbons (Fsp3) is 0.263. The fourth-order valence-corrected chi connectivity index (χ4v) is 2.32. The van der Waals surface area contributed by atoms with Gasteiger partial charge in [-0.2, -0.15) is 0 Å². The number of nitrogens with one attached hydrogen (secondary N) is 1. The molecule has 1 amide bonds. The molecule has 2 aromatic rings. The molecule has 154 valence electrons. The number of oxime groups is 1. The molecule has 1 N–H and O–H groups in total. The Balaban J connectivity index is 1.92. The van der Waals surface area contributed by atoms with Crippen molar-refractivity contribution in [3.63, 3.8) is 0 Å². The van der Waals surface area contributed by atoms with E-state index in [2.05, 4.69) is 10.5 Å². The van der Waals surface area contributed by atoms with E-state index in [-0.39, 0.29) is 23.7 Å². The second-order valence-corrected chi connectivity index (χ2v) is 5.54. The predicted octanol–water partition coefficient (Wildman–Crippen LogP) is 3.00. The number of carbonyl (C=O) groups excluding carboxylic acids is 1. The molecule has 0 heterocycles. The van der Waals surface area contributed by atoms with E-state index in [9.17, 15) is 14.9 Å². The Morgan fingerprint density at radius 1 is 1.14 bits per heavy atom. The first-order valence-electron chi connectivity index (χ1n) is 8.57. The first kappa shape index (κ1) is 21.5. The normalized spacial score (nSPS) is 10.4. The molecule has 10 nitrogen and oxygen atoms in total. The first-order valence-corrected chi connectivity index (χ1v) is 8.57. The largest absolute Gasteiger partial charge is 0.494 e. The van der Waals surface area contributed by atoms with Crippen LogP contribution in [0.25, 0.3) is 0 Å². The van der Waals surface area contributed by atoms with E-state index < -0.39 is 10.8 Å². The maximum atomic E-state index is 12.0. The van der Waals surface area contributed by atoms with Crippen molar-refractivity contribution in [2.75, 3.05) is 32.8 Å². The number of hydrogen-bond acceptors (Lipinski definition) is 8. The van der Waals surface area contributed by atoms with E-state index in [0.717, 1.165) is 0 Å². The molecule has 0 bridgehead atoms. The number of nitro groups is 1. The Morgan fingerprint density at radius 2 is 1.90 bits per heavy atom. The molecular weight excluding hydrogens is 382 g/mol. The van der Waals surface area contributed by atoms with Crippen LogP contribution in [-0.4, -0.2) is 44.5 Å². The summed E-state index contributed by atoms with van der Waals surface area (Å²) in [5.41, 5.74) is 0.834. The van der Waals surface area contributed by atoms with Gasteiger partial charge in [0.1, 0.15) is 5.75 Å². The summed E-state index contributed by atoms with van der Waals surface area (Å²) in [6, 6.07) is 9.09. The lowest BCUT2D eigenvalue weighted by atomic mass is 10.2. The number of rotatable bonds is 10. The van der Waals surface area contributed by atoms with Crippen LogP contribution in [0.2, 0.25) is 0 Å². The third-order valence-electron chi connectivity index (χ3n) is 3.63. The maximum Gasteiger partial charge on any atom is 0.273 e. The molecule has 0 aliphatic carbocycles. The molecule has 0 aromatic heterocycles. The highest BCUT2D eigenvalue weighted by Gasteiger charge is 2.13. The minimum atomic E-state index is -0.554. The molecule has 0 aliphatic heterocycles. The van der Waals surface area contributed by atoms with Gasteiger partial charge in [0.2, 0.25) is 0 Å². The van der Waals surface area contributed by atoms with Gasteiger partial charge < -0.3 is 24.4 Å². The predicted molar refractivity (Wildman–Crippen MR) is 106 cm³/mol. The molecule has 2 aromatic carbocycles. The Hall–Kier alpha value is -3.82. The van der Waals surface area contributed by atoms with Crippen molar-refractivity contribution in [2.24, 2.45) is 5.16 Å². The van der Waals surface area contributed by atoms with E-state index in [0.29, 0.717) is 23.7 Å². The quantitative estimate of drug-likeness (QED) is 0.368. The highest BCUT2D eigenvalue weighted by molar-refractivity contribution is 5.93. The van der Waals surface area contributed by atoms with Crippen LogP contribution in [0.4, 0.5) is 11.4 Å². The minimum absolute atomic E-state index is 0.147. The Morgan fingerprint density at radius 3 is 2.55 bits per heavy atom. The van der Waals surface area contributed by atoms with E-state index in [1.807, 2.05) is 6.92 Å². The van der Waals surface area contributed by atoms with Gasteiger partial charge >= 0.3 is 0 Å². The van der Waals surface area contributed by atoms with Gasteiger partial charge in [-0.05, 0) is 31.2 Å². The number of hydrogen-bond donors (Lipinski definition) is 1.